The van der Waals surface area contributed by atoms with E-state index in [4.69, 9.17) is 4.74 Å². The summed E-state index contributed by atoms with van der Waals surface area (Å²) in [4.78, 5) is 11.4. The van der Waals surface area contributed by atoms with Crippen LogP contribution in [0.4, 0.5) is 0 Å². The molecule has 0 saturated carbocycles. The summed E-state index contributed by atoms with van der Waals surface area (Å²) in [6.45, 7) is 5.72. The van der Waals surface area contributed by atoms with Gasteiger partial charge in [0.15, 0.2) is 0 Å². The second-order valence-electron chi connectivity index (χ2n) is 4.38. The van der Waals surface area contributed by atoms with Crippen LogP contribution < -0.4 is 10.6 Å². The lowest BCUT2D eigenvalue weighted by Crippen LogP contribution is -2.43. The predicted octanol–water partition coefficient (Wildman–Crippen LogP) is 0.526. The molecule has 4 nitrogen and oxygen atoms in total. The Morgan fingerprint density at radius 2 is 2.33 bits per heavy atom. The first-order valence-corrected chi connectivity index (χ1v) is 5.67. The molecule has 0 radical (unpaired) electrons. The number of carbonyl (C=O) groups excluding carboxylic acids is 1. The molecule has 3 unspecified atom stereocenters. The molecule has 1 aliphatic heterocycles. The minimum Gasteiger partial charge on any atom is -0.372 e. The van der Waals surface area contributed by atoms with Crippen molar-refractivity contribution in [2.24, 2.45) is 5.92 Å². The topological polar surface area (TPSA) is 50.4 Å². The fraction of sp³-hybridized carbons (Fsp3) is 0.909. The Kier molecular flexibility index (Phi) is 5.05. The summed E-state index contributed by atoms with van der Waals surface area (Å²) in [5.41, 5.74) is 0. The molecule has 88 valence electrons. The van der Waals surface area contributed by atoms with Gasteiger partial charge in [-0.25, -0.2) is 0 Å². The van der Waals surface area contributed by atoms with E-state index in [1.807, 2.05) is 0 Å². The molecule has 0 aromatic rings. The van der Waals surface area contributed by atoms with Crippen molar-refractivity contribution in [2.45, 2.75) is 38.8 Å². The van der Waals surface area contributed by atoms with Crippen molar-refractivity contribution in [3.8, 4) is 0 Å². The Labute approximate surface area is 91.8 Å². The number of carbonyl (C=O) groups is 1. The van der Waals surface area contributed by atoms with E-state index < -0.39 is 0 Å². The number of piperidine rings is 1. The van der Waals surface area contributed by atoms with Gasteiger partial charge in [-0.15, -0.1) is 0 Å². The van der Waals surface area contributed by atoms with E-state index in [1.54, 1.807) is 14.0 Å². The number of rotatable bonds is 4. The zero-order valence-corrected chi connectivity index (χ0v) is 9.88. The predicted molar refractivity (Wildman–Crippen MR) is 59.7 cm³/mol. The van der Waals surface area contributed by atoms with Crippen molar-refractivity contribution in [1.82, 2.24) is 10.6 Å². The Morgan fingerprint density at radius 3 is 2.87 bits per heavy atom. The first-order chi connectivity index (χ1) is 7.13. The Hall–Kier alpha value is -0.610. The van der Waals surface area contributed by atoms with Crippen LogP contribution in [0, 0.1) is 5.92 Å². The van der Waals surface area contributed by atoms with Gasteiger partial charge in [-0.3, -0.25) is 4.79 Å². The number of nitrogens with one attached hydrogen (secondary N) is 2. The maximum Gasteiger partial charge on any atom is 0.248 e. The number of ether oxygens (including phenoxy) is 1. The minimum absolute atomic E-state index is 0.0175. The van der Waals surface area contributed by atoms with Crippen molar-refractivity contribution in [2.75, 3.05) is 20.2 Å². The molecular weight excluding hydrogens is 192 g/mol. The molecule has 1 fully saturated rings. The van der Waals surface area contributed by atoms with Gasteiger partial charge in [0.25, 0.3) is 0 Å². The fourth-order valence-corrected chi connectivity index (χ4v) is 1.73. The standard InChI is InChI=1S/C11H22N2O2/c1-8-4-5-10(6-12-8)7-13-11(14)9(2)15-3/h8-10,12H,4-7H2,1-3H3,(H,13,14). The molecule has 1 rings (SSSR count). The summed E-state index contributed by atoms with van der Waals surface area (Å²) in [5, 5.41) is 6.33. The lowest BCUT2D eigenvalue weighted by Gasteiger charge is -2.28. The van der Waals surface area contributed by atoms with E-state index in [-0.39, 0.29) is 12.0 Å². The summed E-state index contributed by atoms with van der Waals surface area (Å²) in [6, 6.07) is 0.620. The fourth-order valence-electron chi connectivity index (χ4n) is 1.73. The van der Waals surface area contributed by atoms with Crippen molar-refractivity contribution in [3.05, 3.63) is 0 Å². The van der Waals surface area contributed by atoms with Crippen molar-refractivity contribution >= 4 is 5.91 Å². The highest BCUT2D eigenvalue weighted by atomic mass is 16.5. The third-order valence-electron chi connectivity index (χ3n) is 3.05. The number of hydrogen-bond donors (Lipinski definition) is 2. The molecule has 0 spiro atoms. The van der Waals surface area contributed by atoms with E-state index in [0.29, 0.717) is 12.0 Å². The summed E-state index contributed by atoms with van der Waals surface area (Å²) in [5.74, 6) is 0.547. The molecule has 1 aliphatic rings. The van der Waals surface area contributed by atoms with Gasteiger partial charge in [-0.05, 0) is 39.2 Å². The summed E-state index contributed by atoms with van der Waals surface area (Å²) < 4.78 is 4.94. The maximum atomic E-state index is 11.4. The van der Waals surface area contributed by atoms with Crippen LogP contribution in [0.1, 0.15) is 26.7 Å². The Bertz CT molecular complexity index is 201. The highest BCUT2D eigenvalue weighted by Gasteiger charge is 2.19. The first kappa shape index (κ1) is 12.5. The van der Waals surface area contributed by atoms with Gasteiger partial charge < -0.3 is 15.4 Å². The van der Waals surface area contributed by atoms with Crippen LogP contribution in [0.15, 0.2) is 0 Å². The summed E-state index contributed by atoms with van der Waals surface area (Å²) in [6.07, 6.45) is 2.04. The van der Waals surface area contributed by atoms with Crippen molar-refractivity contribution < 1.29 is 9.53 Å². The maximum absolute atomic E-state index is 11.4. The largest absolute Gasteiger partial charge is 0.372 e. The van der Waals surface area contributed by atoms with Crippen LogP contribution in [-0.4, -0.2) is 38.3 Å². The second-order valence-corrected chi connectivity index (χ2v) is 4.38. The van der Waals surface area contributed by atoms with Crippen LogP contribution in [0.25, 0.3) is 0 Å². The average molecular weight is 214 g/mol. The number of hydrogen-bond acceptors (Lipinski definition) is 3. The van der Waals surface area contributed by atoms with Crippen molar-refractivity contribution in [1.29, 1.82) is 0 Å². The lowest BCUT2D eigenvalue weighted by atomic mass is 9.95. The highest BCUT2D eigenvalue weighted by Crippen LogP contribution is 2.12. The summed E-state index contributed by atoms with van der Waals surface area (Å²) in [7, 11) is 1.55. The zero-order chi connectivity index (χ0) is 11.3. The summed E-state index contributed by atoms with van der Waals surface area (Å²) >= 11 is 0. The molecule has 4 heteroatoms. The van der Waals surface area contributed by atoms with Crippen LogP contribution in [0.5, 0.6) is 0 Å². The van der Waals surface area contributed by atoms with Gasteiger partial charge in [0.2, 0.25) is 5.91 Å². The van der Waals surface area contributed by atoms with E-state index in [9.17, 15) is 4.79 Å². The van der Waals surface area contributed by atoms with E-state index in [0.717, 1.165) is 13.1 Å². The van der Waals surface area contributed by atoms with Gasteiger partial charge in [-0.2, -0.15) is 0 Å². The van der Waals surface area contributed by atoms with Crippen LogP contribution in [0.2, 0.25) is 0 Å². The second kappa shape index (κ2) is 6.08. The van der Waals surface area contributed by atoms with E-state index in [1.165, 1.54) is 12.8 Å². The quantitative estimate of drug-likeness (QED) is 0.717. The monoisotopic (exact) mass is 214 g/mol. The Morgan fingerprint density at radius 1 is 1.60 bits per heavy atom. The zero-order valence-electron chi connectivity index (χ0n) is 9.88. The lowest BCUT2D eigenvalue weighted by molar-refractivity contribution is -0.130. The van der Waals surface area contributed by atoms with Crippen LogP contribution in [-0.2, 0) is 9.53 Å². The van der Waals surface area contributed by atoms with E-state index >= 15 is 0 Å². The van der Waals surface area contributed by atoms with E-state index in [2.05, 4.69) is 17.6 Å². The van der Waals surface area contributed by atoms with Crippen molar-refractivity contribution in [3.63, 3.8) is 0 Å². The SMILES string of the molecule is COC(C)C(=O)NCC1CCC(C)NC1. The minimum atomic E-state index is -0.347. The third-order valence-corrected chi connectivity index (χ3v) is 3.05. The smallest absolute Gasteiger partial charge is 0.248 e. The highest BCUT2D eigenvalue weighted by molar-refractivity contribution is 5.80. The van der Waals surface area contributed by atoms with Gasteiger partial charge in [0.1, 0.15) is 6.10 Å². The van der Waals surface area contributed by atoms with Gasteiger partial charge in [0.05, 0.1) is 0 Å². The molecule has 2 N–H and O–H groups in total. The Balaban J connectivity index is 2.17. The molecule has 0 aromatic heterocycles. The van der Waals surface area contributed by atoms with Gasteiger partial charge in [-0.1, -0.05) is 0 Å². The molecule has 1 saturated heterocycles. The molecule has 15 heavy (non-hydrogen) atoms. The van der Waals surface area contributed by atoms with Crippen LogP contribution >= 0.6 is 0 Å². The first-order valence-electron chi connectivity index (χ1n) is 5.67. The van der Waals surface area contributed by atoms with Gasteiger partial charge in [0, 0.05) is 19.7 Å². The molecule has 1 amide bonds. The molecule has 1 heterocycles. The van der Waals surface area contributed by atoms with Crippen LogP contribution in [0.3, 0.4) is 0 Å². The normalized spacial score (nSPS) is 28.5. The average Bonchev–Trinajstić information content (AvgIpc) is 2.26. The number of methoxy groups -OCH3 is 1. The molecule has 3 atom stereocenters. The molecular formula is C11H22N2O2. The number of amides is 1. The third kappa shape index (κ3) is 4.18. The molecule has 0 aliphatic carbocycles. The molecule has 0 bridgehead atoms. The molecule has 0 aromatic carbocycles. The van der Waals surface area contributed by atoms with Gasteiger partial charge >= 0.3 is 0 Å².